The van der Waals surface area contributed by atoms with Gasteiger partial charge in [-0.3, -0.25) is 9.59 Å². The Labute approximate surface area is 115 Å². The Kier molecular flexibility index (Phi) is 6.84. The maximum atomic E-state index is 12.1. The molecule has 1 aliphatic carbocycles. The second-order valence-corrected chi connectivity index (χ2v) is 5.55. The standard InChI is InChI=1S/C14H26N2O3/c1-4-19-14(18)10-16(9-11(2)3)13(17)8-15-7-12-5-6-12/h11-12,15H,4-10H2,1-3H3. The molecule has 1 fully saturated rings. The number of nitrogens with zero attached hydrogens (tertiary/aromatic N) is 1. The molecule has 0 atom stereocenters. The Balaban J connectivity index is 2.36. The average Bonchev–Trinajstić information content (AvgIpc) is 3.11. The second kappa shape index (κ2) is 8.15. The van der Waals surface area contributed by atoms with Gasteiger partial charge in [0.1, 0.15) is 6.54 Å². The molecule has 0 aromatic rings. The van der Waals surface area contributed by atoms with Crippen molar-refractivity contribution in [1.29, 1.82) is 0 Å². The van der Waals surface area contributed by atoms with Crippen molar-refractivity contribution in [3.63, 3.8) is 0 Å². The van der Waals surface area contributed by atoms with E-state index in [-0.39, 0.29) is 18.4 Å². The van der Waals surface area contributed by atoms with Gasteiger partial charge in [0, 0.05) is 6.54 Å². The van der Waals surface area contributed by atoms with Crippen LogP contribution in [0, 0.1) is 11.8 Å². The lowest BCUT2D eigenvalue weighted by molar-refractivity contribution is -0.149. The molecule has 1 saturated carbocycles. The van der Waals surface area contributed by atoms with E-state index < -0.39 is 0 Å². The molecule has 5 nitrogen and oxygen atoms in total. The summed E-state index contributed by atoms with van der Waals surface area (Å²) in [5.41, 5.74) is 0. The molecule has 1 rings (SSSR count). The fraction of sp³-hybridized carbons (Fsp3) is 0.857. The quantitative estimate of drug-likeness (QED) is 0.636. The van der Waals surface area contributed by atoms with Crippen LogP contribution in [0.25, 0.3) is 0 Å². The van der Waals surface area contributed by atoms with Crippen LogP contribution in [-0.2, 0) is 14.3 Å². The maximum Gasteiger partial charge on any atom is 0.325 e. The largest absolute Gasteiger partial charge is 0.465 e. The molecule has 0 bridgehead atoms. The van der Waals surface area contributed by atoms with Crippen LogP contribution in [0.15, 0.2) is 0 Å². The molecular weight excluding hydrogens is 244 g/mol. The van der Waals surface area contributed by atoms with Crippen molar-refractivity contribution >= 4 is 11.9 Å². The molecule has 1 N–H and O–H groups in total. The molecule has 19 heavy (non-hydrogen) atoms. The molecule has 0 heterocycles. The highest BCUT2D eigenvalue weighted by Gasteiger charge is 2.22. The minimum atomic E-state index is -0.335. The van der Waals surface area contributed by atoms with Crippen molar-refractivity contribution in [2.45, 2.75) is 33.6 Å². The Morgan fingerprint density at radius 3 is 2.58 bits per heavy atom. The summed E-state index contributed by atoms with van der Waals surface area (Å²) in [7, 11) is 0. The fourth-order valence-corrected chi connectivity index (χ4v) is 1.87. The van der Waals surface area contributed by atoms with E-state index in [1.165, 1.54) is 12.8 Å². The zero-order chi connectivity index (χ0) is 14.3. The minimum Gasteiger partial charge on any atom is -0.465 e. The third-order valence-corrected chi connectivity index (χ3v) is 2.97. The first kappa shape index (κ1) is 16.0. The van der Waals surface area contributed by atoms with Crippen molar-refractivity contribution in [2.24, 2.45) is 11.8 Å². The van der Waals surface area contributed by atoms with Gasteiger partial charge in [0.2, 0.25) is 5.91 Å². The van der Waals surface area contributed by atoms with E-state index in [1.54, 1.807) is 11.8 Å². The number of ether oxygens (including phenoxy) is 1. The number of carbonyl (C=O) groups is 2. The van der Waals surface area contributed by atoms with E-state index in [2.05, 4.69) is 5.32 Å². The lowest BCUT2D eigenvalue weighted by Crippen LogP contribution is -2.43. The van der Waals surface area contributed by atoms with Gasteiger partial charge in [0.15, 0.2) is 0 Å². The number of carbonyl (C=O) groups excluding carboxylic acids is 2. The normalized spacial score (nSPS) is 14.5. The van der Waals surface area contributed by atoms with Gasteiger partial charge >= 0.3 is 5.97 Å². The number of amides is 1. The molecule has 0 spiro atoms. The van der Waals surface area contributed by atoms with Crippen LogP contribution in [0.4, 0.5) is 0 Å². The van der Waals surface area contributed by atoms with Crippen molar-refractivity contribution in [1.82, 2.24) is 10.2 Å². The van der Waals surface area contributed by atoms with E-state index in [0.29, 0.717) is 25.6 Å². The molecule has 0 aromatic carbocycles. The van der Waals surface area contributed by atoms with Crippen molar-refractivity contribution < 1.29 is 14.3 Å². The van der Waals surface area contributed by atoms with Crippen molar-refractivity contribution in [3.05, 3.63) is 0 Å². The number of hydrogen-bond acceptors (Lipinski definition) is 4. The Morgan fingerprint density at radius 2 is 2.05 bits per heavy atom. The van der Waals surface area contributed by atoms with Crippen LogP contribution < -0.4 is 5.32 Å². The van der Waals surface area contributed by atoms with Gasteiger partial charge in [-0.2, -0.15) is 0 Å². The fourth-order valence-electron chi connectivity index (χ4n) is 1.87. The van der Waals surface area contributed by atoms with Crippen molar-refractivity contribution in [2.75, 3.05) is 32.8 Å². The lowest BCUT2D eigenvalue weighted by atomic mass is 10.2. The first-order chi connectivity index (χ1) is 9.02. The monoisotopic (exact) mass is 270 g/mol. The van der Waals surface area contributed by atoms with E-state index >= 15 is 0 Å². The van der Waals surface area contributed by atoms with E-state index in [1.807, 2.05) is 13.8 Å². The Morgan fingerprint density at radius 1 is 1.37 bits per heavy atom. The summed E-state index contributed by atoms with van der Waals surface area (Å²) < 4.78 is 4.90. The van der Waals surface area contributed by atoms with Gasteiger partial charge in [-0.05, 0) is 38.1 Å². The summed E-state index contributed by atoms with van der Waals surface area (Å²) in [6.45, 7) is 8.03. The number of nitrogens with one attached hydrogen (secondary N) is 1. The van der Waals surface area contributed by atoms with E-state index in [9.17, 15) is 9.59 Å². The summed E-state index contributed by atoms with van der Waals surface area (Å²) in [6, 6.07) is 0. The highest BCUT2D eigenvalue weighted by molar-refractivity contribution is 5.83. The SMILES string of the molecule is CCOC(=O)CN(CC(C)C)C(=O)CNCC1CC1. The molecule has 0 unspecified atom stereocenters. The molecule has 5 heteroatoms. The molecule has 0 aromatic heterocycles. The van der Waals surface area contributed by atoms with Gasteiger partial charge in [0.25, 0.3) is 0 Å². The zero-order valence-corrected chi connectivity index (χ0v) is 12.3. The molecule has 1 aliphatic rings. The summed E-state index contributed by atoms with van der Waals surface area (Å²) in [5, 5.41) is 3.16. The highest BCUT2D eigenvalue weighted by atomic mass is 16.5. The van der Waals surface area contributed by atoms with Gasteiger partial charge in [0.05, 0.1) is 13.2 Å². The third-order valence-electron chi connectivity index (χ3n) is 2.97. The summed E-state index contributed by atoms with van der Waals surface area (Å²) in [4.78, 5) is 25.2. The average molecular weight is 270 g/mol. The molecule has 0 aliphatic heterocycles. The predicted molar refractivity (Wildman–Crippen MR) is 73.6 cm³/mol. The number of esters is 1. The van der Waals surface area contributed by atoms with Gasteiger partial charge in [-0.15, -0.1) is 0 Å². The van der Waals surface area contributed by atoms with Crippen LogP contribution in [-0.4, -0.2) is 49.6 Å². The Hall–Kier alpha value is -1.10. The van der Waals surface area contributed by atoms with Crippen LogP contribution in [0.2, 0.25) is 0 Å². The maximum absolute atomic E-state index is 12.1. The molecule has 1 amide bonds. The summed E-state index contributed by atoms with van der Waals surface area (Å²) in [6.07, 6.45) is 2.53. The van der Waals surface area contributed by atoms with E-state index in [4.69, 9.17) is 4.74 Å². The highest BCUT2D eigenvalue weighted by Crippen LogP contribution is 2.27. The Bertz CT molecular complexity index is 301. The van der Waals surface area contributed by atoms with Crippen LogP contribution in [0.3, 0.4) is 0 Å². The first-order valence-corrected chi connectivity index (χ1v) is 7.17. The molecule has 0 radical (unpaired) electrons. The van der Waals surface area contributed by atoms with Gasteiger partial charge in [-0.1, -0.05) is 13.8 Å². The topological polar surface area (TPSA) is 58.6 Å². The van der Waals surface area contributed by atoms with Crippen LogP contribution >= 0.6 is 0 Å². The second-order valence-electron chi connectivity index (χ2n) is 5.55. The zero-order valence-electron chi connectivity index (χ0n) is 12.3. The lowest BCUT2D eigenvalue weighted by Gasteiger charge is -2.23. The molecule has 0 saturated heterocycles. The molecular formula is C14H26N2O3. The van der Waals surface area contributed by atoms with Crippen LogP contribution in [0.5, 0.6) is 0 Å². The van der Waals surface area contributed by atoms with Gasteiger partial charge < -0.3 is 15.0 Å². The van der Waals surface area contributed by atoms with E-state index in [0.717, 1.165) is 12.5 Å². The smallest absolute Gasteiger partial charge is 0.325 e. The molecule has 110 valence electrons. The predicted octanol–water partition coefficient (Wildman–Crippen LogP) is 1.03. The van der Waals surface area contributed by atoms with Gasteiger partial charge in [-0.25, -0.2) is 0 Å². The minimum absolute atomic E-state index is 0.0256. The summed E-state index contributed by atoms with van der Waals surface area (Å²) >= 11 is 0. The summed E-state index contributed by atoms with van der Waals surface area (Å²) in [5.74, 6) is 0.722. The first-order valence-electron chi connectivity index (χ1n) is 7.17. The number of rotatable bonds is 9. The third kappa shape index (κ3) is 7.15. The number of hydrogen-bond donors (Lipinski definition) is 1. The van der Waals surface area contributed by atoms with Crippen molar-refractivity contribution in [3.8, 4) is 0 Å². The van der Waals surface area contributed by atoms with Crippen LogP contribution in [0.1, 0.15) is 33.6 Å².